The number of benzene rings is 2. The molecule has 0 spiro atoms. The maximum atomic E-state index is 14.2. The van der Waals surface area contributed by atoms with Gasteiger partial charge in [-0.15, -0.1) is 0 Å². The van der Waals surface area contributed by atoms with Gasteiger partial charge in [0.2, 0.25) is 0 Å². The van der Waals surface area contributed by atoms with Crippen molar-refractivity contribution >= 4 is 5.91 Å². The summed E-state index contributed by atoms with van der Waals surface area (Å²) in [4.78, 5) is 11.2. The molecule has 2 rings (SSSR count). The SMILES string of the molecule is Cc1ccc(-c2ccccc2)c(F)c1C(N)=O. The zero-order valence-electron chi connectivity index (χ0n) is 9.41. The lowest BCUT2D eigenvalue weighted by Gasteiger charge is -2.09. The molecule has 0 unspecified atom stereocenters. The van der Waals surface area contributed by atoms with Crippen molar-refractivity contribution in [3.05, 3.63) is 59.4 Å². The van der Waals surface area contributed by atoms with Crippen LogP contribution in [0.15, 0.2) is 42.5 Å². The van der Waals surface area contributed by atoms with Crippen LogP contribution in [0.3, 0.4) is 0 Å². The van der Waals surface area contributed by atoms with Gasteiger partial charge in [0, 0.05) is 5.56 Å². The predicted molar refractivity (Wildman–Crippen MR) is 65.1 cm³/mol. The number of primary amides is 1. The number of aryl methyl sites for hydroxylation is 1. The number of hydrogen-bond donors (Lipinski definition) is 1. The molecule has 2 N–H and O–H groups in total. The first-order valence-electron chi connectivity index (χ1n) is 5.25. The Morgan fingerprint density at radius 3 is 2.35 bits per heavy atom. The smallest absolute Gasteiger partial charge is 0.251 e. The van der Waals surface area contributed by atoms with E-state index < -0.39 is 11.7 Å². The van der Waals surface area contributed by atoms with Gasteiger partial charge in [0.1, 0.15) is 5.82 Å². The zero-order chi connectivity index (χ0) is 12.4. The van der Waals surface area contributed by atoms with Gasteiger partial charge < -0.3 is 5.73 Å². The largest absolute Gasteiger partial charge is 0.365 e. The first-order valence-corrected chi connectivity index (χ1v) is 5.25. The molecule has 2 aromatic rings. The summed E-state index contributed by atoms with van der Waals surface area (Å²) in [5, 5.41) is 0. The molecule has 0 aromatic heterocycles. The normalized spacial score (nSPS) is 10.2. The van der Waals surface area contributed by atoms with E-state index in [9.17, 15) is 9.18 Å². The van der Waals surface area contributed by atoms with Gasteiger partial charge in [-0.25, -0.2) is 4.39 Å². The molecule has 0 aliphatic carbocycles. The van der Waals surface area contributed by atoms with Crippen molar-refractivity contribution in [1.29, 1.82) is 0 Å². The van der Waals surface area contributed by atoms with Crippen molar-refractivity contribution in [1.82, 2.24) is 0 Å². The second kappa shape index (κ2) is 4.37. The summed E-state index contributed by atoms with van der Waals surface area (Å²) in [6, 6.07) is 12.4. The second-order valence-electron chi connectivity index (χ2n) is 3.85. The zero-order valence-corrected chi connectivity index (χ0v) is 9.41. The molecule has 1 amide bonds. The summed E-state index contributed by atoms with van der Waals surface area (Å²) < 4.78 is 14.2. The van der Waals surface area contributed by atoms with Gasteiger partial charge in [-0.2, -0.15) is 0 Å². The Bertz CT molecular complexity index is 564. The van der Waals surface area contributed by atoms with E-state index in [2.05, 4.69) is 0 Å². The average molecular weight is 229 g/mol. The highest BCUT2D eigenvalue weighted by molar-refractivity contribution is 5.96. The topological polar surface area (TPSA) is 43.1 Å². The summed E-state index contributed by atoms with van der Waals surface area (Å²) >= 11 is 0. The monoisotopic (exact) mass is 229 g/mol. The standard InChI is InChI=1S/C14H12FNO/c1-9-7-8-11(10-5-3-2-4-6-10)13(15)12(9)14(16)17/h2-8H,1H3,(H2,16,17). The third kappa shape index (κ3) is 2.04. The molecule has 0 aliphatic heterocycles. The van der Waals surface area contributed by atoms with Crippen LogP contribution < -0.4 is 5.73 Å². The van der Waals surface area contributed by atoms with Crippen LogP contribution in [0.4, 0.5) is 4.39 Å². The van der Waals surface area contributed by atoms with Crippen LogP contribution in [-0.2, 0) is 0 Å². The van der Waals surface area contributed by atoms with Gasteiger partial charge >= 0.3 is 0 Å². The number of hydrogen-bond acceptors (Lipinski definition) is 1. The molecule has 86 valence electrons. The van der Waals surface area contributed by atoms with Crippen LogP contribution in [0.1, 0.15) is 15.9 Å². The van der Waals surface area contributed by atoms with Gasteiger partial charge in [-0.1, -0.05) is 42.5 Å². The van der Waals surface area contributed by atoms with Gasteiger partial charge in [0.05, 0.1) is 5.56 Å². The van der Waals surface area contributed by atoms with E-state index >= 15 is 0 Å². The highest BCUT2D eigenvalue weighted by Gasteiger charge is 2.16. The van der Waals surface area contributed by atoms with E-state index in [1.54, 1.807) is 31.2 Å². The molecule has 17 heavy (non-hydrogen) atoms. The highest BCUT2D eigenvalue weighted by Crippen LogP contribution is 2.26. The van der Waals surface area contributed by atoms with Crippen LogP contribution in [0.25, 0.3) is 11.1 Å². The number of carbonyl (C=O) groups excluding carboxylic acids is 1. The molecule has 2 nitrogen and oxygen atoms in total. The lowest BCUT2D eigenvalue weighted by molar-refractivity contribution is 0.0996. The summed E-state index contributed by atoms with van der Waals surface area (Å²) in [6.07, 6.45) is 0. The summed E-state index contributed by atoms with van der Waals surface area (Å²) in [6.45, 7) is 1.66. The molecule has 0 fully saturated rings. The molecule has 3 heteroatoms. The fourth-order valence-corrected chi connectivity index (χ4v) is 1.82. The van der Waals surface area contributed by atoms with Crippen molar-refractivity contribution in [2.24, 2.45) is 5.73 Å². The number of amides is 1. The first-order chi connectivity index (χ1) is 8.11. The lowest BCUT2D eigenvalue weighted by Crippen LogP contribution is -2.15. The first kappa shape index (κ1) is 11.3. The van der Waals surface area contributed by atoms with E-state index in [1.165, 1.54) is 0 Å². The van der Waals surface area contributed by atoms with Crippen LogP contribution in [0.5, 0.6) is 0 Å². The number of rotatable bonds is 2. The predicted octanol–water partition coefficient (Wildman–Crippen LogP) is 2.90. The maximum absolute atomic E-state index is 14.2. The Hall–Kier alpha value is -2.16. The fraction of sp³-hybridized carbons (Fsp3) is 0.0714. The van der Waals surface area contributed by atoms with Crippen LogP contribution in [0, 0.1) is 12.7 Å². The van der Waals surface area contributed by atoms with E-state index in [0.717, 1.165) is 5.56 Å². The quantitative estimate of drug-likeness (QED) is 0.845. The average Bonchev–Trinajstić information content (AvgIpc) is 2.30. The molecule has 0 atom stereocenters. The number of carbonyl (C=O) groups is 1. The van der Waals surface area contributed by atoms with Crippen LogP contribution in [-0.4, -0.2) is 5.91 Å². The molecule has 0 radical (unpaired) electrons. The summed E-state index contributed by atoms with van der Waals surface area (Å²) in [7, 11) is 0. The highest BCUT2D eigenvalue weighted by atomic mass is 19.1. The fourth-order valence-electron chi connectivity index (χ4n) is 1.82. The Labute approximate surface area is 98.9 Å². The molecule has 0 heterocycles. The molecular weight excluding hydrogens is 217 g/mol. The third-order valence-electron chi connectivity index (χ3n) is 2.68. The second-order valence-corrected chi connectivity index (χ2v) is 3.85. The summed E-state index contributed by atoms with van der Waals surface area (Å²) in [5.74, 6) is -1.29. The van der Waals surface area contributed by atoms with Crippen LogP contribution >= 0.6 is 0 Å². The van der Waals surface area contributed by atoms with Crippen molar-refractivity contribution in [2.75, 3.05) is 0 Å². The van der Waals surface area contributed by atoms with Gasteiger partial charge in [-0.3, -0.25) is 4.79 Å². The molecule has 2 aromatic carbocycles. The Morgan fingerprint density at radius 2 is 1.76 bits per heavy atom. The van der Waals surface area contributed by atoms with Crippen molar-refractivity contribution in [3.8, 4) is 11.1 Å². The maximum Gasteiger partial charge on any atom is 0.251 e. The van der Waals surface area contributed by atoms with Crippen molar-refractivity contribution in [2.45, 2.75) is 6.92 Å². The Morgan fingerprint density at radius 1 is 1.12 bits per heavy atom. The minimum absolute atomic E-state index is 0.0358. The van der Waals surface area contributed by atoms with Gasteiger partial charge in [-0.05, 0) is 18.1 Å². The Kier molecular flexibility index (Phi) is 2.91. The molecule has 0 bridgehead atoms. The minimum atomic E-state index is -0.738. The van der Waals surface area contributed by atoms with Crippen LogP contribution in [0.2, 0.25) is 0 Å². The molecule has 0 saturated heterocycles. The Balaban J connectivity index is 2.66. The minimum Gasteiger partial charge on any atom is -0.365 e. The summed E-state index contributed by atoms with van der Waals surface area (Å²) in [5.41, 5.74) is 6.82. The van der Waals surface area contributed by atoms with E-state index in [1.807, 2.05) is 18.2 Å². The van der Waals surface area contributed by atoms with Gasteiger partial charge in [0.25, 0.3) is 5.91 Å². The van der Waals surface area contributed by atoms with E-state index in [0.29, 0.717) is 11.1 Å². The molecule has 0 saturated carbocycles. The van der Waals surface area contributed by atoms with Crippen molar-refractivity contribution < 1.29 is 9.18 Å². The number of halogens is 1. The van der Waals surface area contributed by atoms with Gasteiger partial charge in [0.15, 0.2) is 0 Å². The molecular formula is C14H12FNO. The third-order valence-corrected chi connectivity index (χ3v) is 2.68. The molecule has 0 aliphatic rings. The van der Waals surface area contributed by atoms with E-state index in [-0.39, 0.29) is 5.56 Å². The van der Waals surface area contributed by atoms with Crippen molar-refractivity contribution in [3.63, 3.8) is 0 Å². The number of nitrogens with two attached hydrogens (primary N) is 1. The van der Waals surface area contributed by atoms with E-state index in [4.69, 9.17) is 5.73 Å². The lowest BCUT2D eigenvalue weighted by atomic mass is 9.98.